The van der Waals surface area contributed by atoms with Crippen molar-refractivity contribution in [1.29, 1.82) is 0 Å². The Morgan fingerprint density at radius 2 is 1.78 bits per heavy atom. The maximum absolute atomic E-state index is 13.2. The second-order valence-electron chi connectivity index (χ2n) is 7.01. The highest BCUT2D eigenvalue weighted by Gasteiger charge is 2.28. The van der Waals surface area contributed by atoms with Gasteiger partial charge in [0.25, 0.3) is 11.8 Å². The molecule has 1 aliphatic carbocycles. The number of carbonyl (C=O) groups excluding carboxylic acids is 2. The van der Waals surface area contributed by atoms with Crippen molar-refractivity contribution in [2.75, 3.05) is 30.9 Å². The first-order valence-corrected chi connectivity index (χ1v) is 9.93. The lowest BCUT2D eigenvalue weighted by atomic mass is 10.2. The first kappa shape index (κ1) is 21.2. The van der Waals surface area contributed by atoms with E-state index in [1.807, 2.05) is 0 Å². The number of carbonyl (C=O) groups is 2. The summed E-state index contributed by atoms with van der Waals surface area (Å²) in [6, 6.07) is 0. The maximum Gasteiger partial charge on any atom is 0.278 e. The van der Waals surface area contributed by atoms with E-state index in [1.165, 1.54) is 26.0 Å². The molecule has 4 rings (SSSR count). The highest BCUT2D eigenvalue weighted by atomic mass is 16.5. The van der Waals surface area contributed by atoms with Crippen LogP contribution in [0.25, 0.3) is 0 Å². The highest BCUT2D eigenvalue weighted by Crippen LogP contribution is 2.39. The number of ether oxygens (including phenoxy) is 1. The van der Waals surface area contributed by atoms with Crippen LogP contribution in [0.1, 0.15) is 45.4 Å². The molecule has 32 heavy (non-hydrogen) atoms. The fraction of sp³-hybridized carbons (Fsp3) is 0.300. The third-order valence-corrected chi connectivity index (χ3v) is 4.59. The van der Waals surface area contributed by atoms with Crippen LogP contribution in [0.5, 0.6) is 0 Å². The molecule has 1 aliphatic rings. The molecule has 0 radical (unpaired) electrons. The second-order valence-corrected chi connectivity index (χ2v) is 7.01. The minimum absolute atomic E-state index is 0.0294. The van der Waals surface area contributed by atoms with E-state index >= 15 is 0 Å². The van der Waals surface area contributed by atoms with Crippen molar-refractivity contribution in [3.05, 3.63) is 54.5 Å². The van der Waals surface area contributed by atoms with Gasteiger partial charge in [0, 0.05) is 19.6 Å². The Labute approximate surface area is 183 Å². The molecule has 1 saturated carbocycles. The van der Waals surface area contributed by atoms with Gasteiger partial charge in [-0.2, -0.15) is 0 Å². The molecular weight excluding hydrogens is 414 g/mol. The minimum atomic E-state index is -0.555. The Morgan fingerprint density at radius 3 is 2.53 bits per heavy atom. The van der Waals surface area contributed by atoms with Crippen LogP contribution in [0.4, 0.5) is 17.2 Å². The topological polar surface area (TPSA) is 157 Å². The van der Waals surface area contributed by atoms with E-state index in [-0.39, 0.29) is 22.9 Å². The average molecular weight is 435 g/mol. The van der Waals surface area contributed by atoms with Crippen molar-refractivity contribution in [3.63, 3.8) is 0 Å². The lowest BCUT2D eigenvalue weighted by molar-refractivity contribution is 0.0933. The third kappa shape index (κ3) is 5.16. The molecular formula is C20H21N9O3. The van der Waals surface area contributed by atoms with Crippen LogP contribution in [0.3, 0.4) is 0 Å². The average Bonchev–Trinajstić information content (AvgIpc) is 3.66. The summed E-state index contributed by atoms with van der Waals surface area (Å²) in [5.41, 5.74) is 1.55. The summed E-state index contributed by atoms with van der Waals surface area (Å²) in [7, 11) is 1.53. The fourth-order valence-electron chi connectivity index (χ4n) is 2.86. The molecule has 12 nitrogen and oxygen atoms in total. The number of amides is 2. The largest absolute Gasteiger partial charge is 0.383 e. The smallest absolute Gasteiger partial charge is 0.278 e. The molecule has 3 heterocycles. The Balaban J connectivity index is 1.59. The lowest BCUT2D eigenvalue weighted by Gasteiger charge is -2.13. The zero-order chi connectivity index (χ0) is 22.3. The molecule has 2 amide bonds. The van der Waals surface area contributed by atoms with Gasteiger partial charge in [-0.25, -0.2) is 29.9 Å². The van der Waals surface area contributed by atoms with Gasteiger partial charge < -0.3 is 20.7 Å². The third-order valence-electron chi connectivity index (χ3n) is 4.59. The summed E-state index contributed by atoms with van der Waals surface area (Å²) < 4.78 is 4.93. The molecule has 0 aliphatic heterocycles. The van der Waals surface area contributed by atoms with Gasteiger partial charge in [-0.1, -0.05) is 0 Å². The fourth-order valence-corrected chi connectivity index (χ4v) is 2.86. The monoisotopic (exact) mass is 435 g/mol. The molecule has 0 aromatic carbocycles. The van der Waals surface area contributed by atoms with Gasteiger partial charge >= 0.3 is 0 Å². The van der Waals surface area contributed by atoms with E-state index in [2.05, 4.69) is 45.9 Å². The van der Waals surface area contributed by atoms with Crippen LogP contribution in [-0.4, -0.2) is 62.0 Å². The molecule has 164 valence electrons. The van der Waals surface area contributed by atoms with E-state index in [1.54, 1.807) is 18.6 Å². The lowest BCUT2D eigenvalue weighted by Crippen LogP contribution is -2.29. The molecule has 0 atom stereocenters. The van der Waals surface area contributed by atoms with Crippen LogP contribution in [0.15, 0.2) is 37.4 Å². The first-order chi connectivity index (χ1) is 15.7. The SMILES string of the molecule is COCCNC(=O)c1ncncc1NC(=O)c1nc(C2CC2)cnc1Nc1cncnc1. The van der Waals surface area contributed by atoms with E-state index in [9.17, 15) is 9.59 Å². The van der Waals surface area contributed by atoms with Crippen LogP contribution in [0, 0.1) is 0 Å². The van der Waals surface area contributed by atoms with Crippen molar-refractivity contribution in [2.45, 2.75) is 18.8 Å². The Kier molecular flexibility index (Phi) is 6.51. The number of nitrogens with zero attached hydrogens (tertiary/aromatic N) is 6. The van der Waals surface area contributed by atoms with Gasteiger partial charge in [0.1, 0.15) is 12.7 Å². The van der Waals surface area contributed by atoms with Crippen LogP contribution in [-0.2, 0) is 4.74 Å². The summed E-state index contributed by atoms with van der Waals surface area (Å²) >= 11 is 0. The highest BCUT2D eigenvalue weighted by molar-refractivity contribution is 6.09. The zero-order valence-electron chi connectivity index (χ0n) is 17.3. The number of rotatable bonds is 9. The Hall–Kier alpha value is -4.06. The van der Waals surface area contributed by atoms with Crippen molar-refractivity contribution < 1.29 is 14.3 Å². The van der Waals surface area contributed by atoms with E-state index < -0.39 is 11.8 Å². The standard InChI is InChI=1S/C20H21N9O3/c1-32-5-4-24-19(30)16-15(8-23-11-26-16)29-20(31)17-18(27-13-6-21-10-22-7-13)25-9-14(28-17)12-2-3-12/h6-12H,2-5H2,1H3,(H,24,30)(H,25,27)(H,29,31). The second kappa shape index (κ2) is 9.83. The molecule has 0 unspecified atom stereocenters. The van der Waals surface area contributed by atoms with Crippen molar-refractivity contribution in [3.8, 4) is 0 Å². The molecule has 3 N–H and O–H groups in total. The zero-order valence-corrected chi connectivity index (χ0v) is 17.3. The number of anilines is 3. The van der Waals surface area contributed by atoms with Gasteiger partial charge in [-0.05, 0) is 12.8 Å². The molecule has 1 fully saturated rings. The number of methoxy groups -OCH3 is 1. The predicted molar refractivity (Wildman–Crippen MR) is 114 cm³/mol. The van der Waals surface area contributed by atoms with Crippen molar-refractivity contribution in [2.24, 2.45) is 0 Å². The van der Waals surface area contributed by atoms with E-state index in [4.69, 9.17) is 4.74 Å². The Bertz CT molecular complexity index is 1110. The van der Waals surface area contributed by atoms with Crippen molar-refractivity contribution >= 4 is 29.0 Å². The number of nitrogens with one attached hydrogen (secondary N) is 3. The molecule has 0 bridgehead atoms. The van der Waals surface area contributed by atoms with Gasteiger partial charge in [0.15, 0.2) is 17.2 Å². The maximum atomic E-state index is 13.2. The summed E-state index contributed by atoms with van der Waals surface area (Å²) in [6.45, 7) is 0.648. The minimum Gasteiger partial charge on any atom is -0.383 e. The molecule has 0 saturated heterocycles. The summed E-state index contributed by atoms with van der Waals surface area (Å²) in [5.74, 6) is -0.479. The Morgan fingerprint density at radius 1 is 1.00 bits per heavy atom. The van der Waals surface area contributed by atoms with E-state index in [0.29, 0.717) is 24.8 Å². The van der Waals surface area contributed by atoms with Crippen LogP contribution >= 0.6 is 0 Å². The first-order valence-electron chi connectivity index (χ1n) is 9.93. The number of hydrogen-bond donors (Lipinski definition) is 3. The van der Waals surface area contributed by atoms with Crippen LogP contribution < -0.4 is 16.0 Å². The summed E-state index contributed by atoms with van der Waals surface area (Å²) in [4.78, 5) is 50.4. The van der Waals surface area contributed by atoms with Gasteiger partial charge in [0.2, 0.25) is 0 Å². The molecule has 3 aromatic rings. The predicted octanol–water partition coefficient (Wildman–Crippen LogP) is 1.31. The molecule has 0 spiro atoms. The number of hydrogen-bond acceptors (Lipinski definition) is 10. The van der Waals surface area contributed by atoms with E-state index in [0.717, 1.165) is 18.5 Å². The van der Waals surface area contributed by atoms with Gasteiger partial charge in [-0.3, -0.25) is 9.59 Å². The van der Waals surface area contributed by atoms with Crippen LogP contribution in [0.2, 0.25) is 0 Å². The summed E-state index contributed by atoms with van der Waals surface area (Å²) in [6.07, 6.45) is 10.8. The van der Waals surface area contributed by atoms with Gasteiger partial charge in [0.05, 0.1) is 48.5 Å². The van der Waals surface area contributed by atoms with Crippen molar-refractivity contribution in [1.82, 2.24) is 35.2 Å². The molecule has 12 heteroatoms. The summed E-state index contributed by atoms with van der Waals surface area (Å²) in [5, 5.41) is 8.36. The quantitative estimate of drug-likeness (QED) is 0.419. The normalized spacial score (nSPS) is 12.8. The van der Waals surface area contributed by atoms with Gasteiger partial charge in [-0.15, -0.1) is 0 Å². The number of aromatic nitrogens is 6. The molecule has 3 aromatic heterocycles.